The van der Waals surface area contributed by atoms with Gasteiger partial charge in [0, 0.05) is 17.4 Å². The van der Waals surface area contributed by atoms with E-state index in [1.807, 2.05) is 59.3 Å². The number of rotatable bonds is 7. The summed E-state index contributed by atoms with van der Waals surface area (Å²) in [5.41, 5.74) is 4.22. The predicted molar refractivity (Wildman–Crippen MR) is 112 cm³/mol. The third-order valence-electron chi connectivity index (χ3n) is 4.50. The highest BCUT2D eigenvalue weighted by molar-refractivity contribution is 7.08. The molecule has 4 aromatic rings. The summed E-state index contributed by atoms with van der Waals surface area (Å²) in [6.45, 7) is 0.184. The smallest absolute Gasteiger partial charge is 0.306 e. The number of aryl methyl sites for hydroxylation is 1. The molecule has 0 aliphatic heterocycles. The molecule has 7 heteroatoms. The van der Waals surface area contributed by atoms with E-state index in [1.165, 1.54) is 0 Å². The number of thiophene rings is 1. The van der Waals surface area contributed by atoms with Gasteiger partial charge in [0.1, 0.15) is 6.61 Å². The van der Waals surface area contributed by atoms with Crippen LogP contribution in [0.5, 0.6) is 0 Å². The third kappa shape index (κ3) is 4.62. The molecule has 148 valence electrons. The molecule has 2 heterocycles. The van der Waals surface area contributed by atoms with E-state index >= 15 is 0 Å². The highest BCUT2D eigenvalue weighted by Gasteiger charge is 2.12. The van der Waals surface area contributed by atoms with Crippen molar-refractivity contribution < 1.29 is 14.1 Å². The average molecular weight is 415 g/mol. The first-order valence-corrected chi connectivity index (χ1v) is 10.3. The number of esters is 1. The molecule has 0 spiro atoms. The molecule has 2 aromatic carbocycles. The number of carbonyl (C=O) groups is 1. The molecule has 0 aliphatic rings. The van der Waals surface area contributed by atoms with Gasteiger partial charge >= 0.3 is 5.97 Å². The Balaban J connectivity index is 1.28. The molecule has 0 radical (unpaired) electrons. The van der Waals surface area contributed by atoms with E-state index in [0.717, 1.165) is 22.3 Å². The second-order valence-electron chi connectivity index (χ2n) is 6.54. The highest BCUT2D eigenvalue weighted by Crippen LogP contribution is 2.24. The van der Waals surface area contributed by atoms with Crippen LogP contribution in [0.1, 0.15) is 23.4 Å². The van der Waals surface area contributed by atoms with Crippen molar-refractivity contribution in [3.63, 3.8) is 0 Å². The van der Waals surface area contributed by atoms with E-state index < -0.39 is 0 Å². The number of ether oxygens (including phenoxy) is 1. The van der Waals surface area contributed by atoms with Gasteiger partial charge in [0.25, 0.3) is 0 Å². The van der Waals surface area contributed by atoms with Crippen molar-refractivity contribution in [1.82, 2.24) is 10.1 Å². The molecule has 0 amide bonds. The standard InChI is InChI=1S/C23H17N3O3S/c24-13-18-3-1-2-4-20(18)17-7-5-16(6-8-17)14-28-22(27)10-9-21-25-23(26-29-21)19-11-12-30-15-19/h1-8,11-12,15H,9-10,14H2. The van der Waals surface area contributed by atoms with E-state index in [1.54, 1.807) is 17.4 Å². The Kier molecular flexibility index (Phi) is 5.97. The van der Waals surface area contributed by atoms with Gasteiger partial charge in [-0.25, -0.2) is 0 Å². The van der Waals surface area contributed by atoms with Gasteiger partial charge in [-0.1, -0.05) is 47.6 Å². The minimum atomic E-state index is -0.329. The summed E-state index contributed by atoms with van der Waals surface area (Å²) >= 11 is 1.56. The van der Waals surface area contributed by atoms with E-state index in [2.05, 4.69) is 16.2 Å². The van der Waals surface area contributed by atoms with Crippen LogP contribution in [0.3, 0.4) is 0 Å². The van der Waals surface area contributed by atoms with Crippen LogP contribution in [0, 0.1) is 11.3 Å². The van der Waals surface area contributed by atoms with Crippen LogP contribution in [0.25, 0.3) is 22.5 Å². The van der Waals surface area contributed by atoms with Crippen LogP contribution < -0.4 is 0 Å². The molecule has 0 saturated carbocycles. The van der Waals surface area contributed by atoms with Gasteiger partial charge in [0.15, 0.2) is 0 Å². The SMILES string of the molecule is N#Cc1ccccc1-c1ccc(COC(=O)CCc2nc(-c3ccsc3)no2)cc1. The number of hydrogen-bond acceptors (Lipinski definition) is 7. The maximum Gasteiger partial charge on any atom is 0.306 e. The summed E-state index contributed by atoms with van der Waals surface area (Å²) in [7, 11) is 0. The Morgan fingerprint density at radius 3 is 2.70 bits per heavy atom. The molecule has 2 aromatic heterocycles. The maximum atomic E-state index is 12.1. The second-order valence-corrected chi connectivity index (χ2v) is 7.32. The Bertz CT molecular complexity index is 1180. The topological polar surface area (TPSA) is 89.0 Å². The Morgan fingerprint density at radius 1 is 1.10 bits per heavy atom. The van der Waals surface area contributed by atoms with E-state index in [4.69, 9.17) is 9.26 Å². The number of hydrogen-bond donors (Lipinski definition) is 0. The lowest BCUT2D eigenvalue weighted by Crippen LogP contribution is -2.06. The van der Waals surface area contributed by atoms with Crippen LogP contribution in [0.2, 0.25) is 0 Å². The average Bonchev–Trinajstić information content (AvgIpc) is 3.48. The minimum absolute atomic E-state index is 0.166. The van der Waals surface area contributed by atoms with Gasteiger partial charge < -0.3 is 9.26 Å². The molecular weight excluding hydrogens is 398 g/mol. The van der Waals surface area contributed by atoms with Crippen molar-refractivity contribution in [1.29, 1.82) is 5.26 Å². The third-order valence-corrected chi connectivity index (χ3v) is 5.19. The van der Waals surface area contributed by atoms with E-state index in [-0.39, 0.29) is 19.0 Å². The monoisotopic (exact) mass is 415 g/mol. The summed E-state index contributed by atoms with van der Waals surface area (Å²) in [5.74, 6) is 0.607. The minimum Gasteiger partial charge on any atom is -0.461 e. The summed E-state index contributed by atoms with van der Waals surface area (Å²) < 4.78 is 10.5. The lowest BCUT2D eigenvalue weighted by Gasteiger charge is -2.07. The summed E-state index contributed by atoms with van der Waals surface area (Å²) in [6, 6.07) is 19.2. The number of carbonyl (C=O) groups excluding carboxylic acids is 1. The highest BCUT2D eigenvalue weighted by atomic mass is 32.1. The van der Waals surface area contributed by atoms with Gasteiger partial charge in [0.2, 0.25) is 11.7 Å². The quantitative estimate of drug-likeness (QED) is 0.394. The number of aromatic nitrogens is 2. The Morgan fingerprint density at radius 2 is 1.93 bits per heavy atom. The van der Waals surface area contributed by atoms with Crippen molar-refractivity contribution in [3.8, 4) is 28.6 Å². The summed E-state index contributed by atoms with van der Waals surface area (Å²) in [4.78, 5) is 16.3. The molecule has 0 unspecified atom stereocenters. The van der Waals surface area contributed by atoms with Gasteiger partial charge in [-0.15, -0.1) is 0 Å². The van der Waals surface area contributed by atoms with Crippen LogP contribution in [-0.2, 0) is 22.6 Å². The number of benzene rings is 2. The Labute approximate surface area is 177 Å². The summed E-state index contributed by atoms with van der Waals surface area (Å²) in [5, 5.41) is 17.0. The van der Waals surface area contributed by atoms with Crippen molar-refractivity contribution in [3.05, 3.63) is 82.4 Å². The molecule has 4 rings (SSSR count). The lowest BCUT2D eigenvalue weighted by molar-refractivity contribution is -0.145. The van der Waals surface area contributed by atoms with Gasteiger partial charge in [-0.3, -0.25) is 4.79 Å². The first kappa shape index (κ1) is 19.6. The maximum absolute atomic E-state index is 12.1. The molecule has 0 N–H and O–H groups in total. The van der Waals surface area contributed by atoms with Gasteiger partial charge in [-0.2, -0.15) is 21.6 Å². The largest absolute Gasteiger partial charge is 0.461 e. The van der Waals surface area contributed by atoms with Crippen LogP contribution in [0.4, 0.5) is 0 Å². The lowest BCUT2D eigenvalue weighted by atomic mass is 9.99. The summed E-state index contributed by atoms with van der Waals surface area (Å²) in [6.07, 6.45) is 0.499. The van der Waals surface area contributed by atoms with Crippen LogP contribution in [-0.4, -0.2) is 16.1 Å². The zero-order chi connectivity index (χ0) is 20.8. The fraction of sp³-hybridized carbons (Fsp3) is 0.130. The molecule has 0 bridgehead atoms. The first-order valence-electron chi connectivity index (χ1n) is 9.32. The Hall–Kier alpha value is -3.76. The van der Waals surface area contributed by atoms with Crippen LogP contribution in [0.15, 0.2) is 69.9 Å². The normalized spacial score (nSPS) is 10.5. The zero-order valence-electron chi connectivity index (χ0n) is 15.9. The second kappa shape index (κ2) is 9.16. The molecule has 30 heavy (non-hydrogen) atoms. The van der Waals surface area contributed by atoms with Crippen molar-refractivity contribution in [2.45, 2.75) is 19.4 Å². The number of nitriles is 1. The van der Waals surface area contributed by atoms with Gasteiger partial charge in [0.05, 0.1) is 18.1 Å². The zero-order valence-corrected chi connectivity index (χ0v) is 16.8. The fourth-order valence-electron chi connectivity index (χ4n) is 2.92. The molecule has 0 fully saturated rings. The van der Waals surface area contributed by atoms with Crippen molar-refractivity contribution >= 4 is 17.3 Å². The molecule has 6 nitrogen and oxygen atoms in total. The first-order chi connectivity index (χ1) is 14.7. The molecule has 0 aliphatic carbocycles. The van der Waals surface area contributed by atoms with Crippen LogP contribution >= 0.6 is 11.3 Å². The number of nitrogens with zero attached hydrogens (tertiary/aromatic N) is 3. The molecule has 0 atom stereocenters. The predicted octanol–water partition coefficient (Wildman–Crippen LogP) is 5.01. The van der Waals surface area contributed by atoms with Crippen molar-refractivity contribution in [2.75, 3.05) is 0 Å². The van der Waals surface area contributed by atoms with Gasteiger partial charge in [-0.05, 0) is 34.2 Å². The molecule has 0 saturated heterocycles. The molecular formula is C23H17N3O3S. The fourth-order valence-corrected chi connectivity index (χ4v) is 3.56. The van der Waals surface area contributed by atoms with E-state index in [9.17, 15) is 10.1 Å². The van der Waals surface area contributed by atoms with E-state index in [0.29, 0.717) is 23.7 Å². The van der Waals surface area contributed by atoms with Crippen molar-refractivity contribution in [2.24, 2.45) is 0 Å².